The quantitative estimate of drug-likeness (QED) is 0.676. The van der Waals surface area contributed by atoms with Crippen LogP contribution in [0.15, 0.2) is 24.3 Å². The van der Waals surface area contributed by atoms with Crippen LogP contribution in [0.25, 0.3) is 0 Å². The van der Waals surface area contributed by atoms with E-state index in [1.54, 1.807) is 24.3 Å². The van der Waals surface area contributed by atoms with Gasteiger partial charge in [-0.05, 0) is 19.1 Å². The SMILES string of the molecule is CCNC(=O)Oc1cccc(N)c1. The van der Waals surface area contributed by atoms with Crippen molar-refractivity contribution in [2.45, 2.75) is 6.92 Å². The largest absolute Gasteiger partial charge is 0.412 e. The molecule has 3 N–H and O–H groups in total. The molecule has 1 aromatic rings. The Bertz CT molecular complexity index is 299. The monoisotopic (exact) mass is 180 g/mol. The van der Waals surface area contributed by atoms with Crippen LogP contribution in [0, 0.1) is 0 Å². The zero-order valence-electron chi connectivity index (χ0n) is 7.41. The minimum Gasteiger partial charge on any atom is -0.410 e. The Kier molecular flexibility index (Phi) is 3.14. The molecule has 4 nitrogen and oxygen atoms in total. The summed E-state index contributed by atoms with van der Waals surface area (Å²) < 4.78 is 4.91. The van der Waals surface area contributed by atoms with Crippen molar-refractivity contribution in [2.75, 3.05) is 12.3 Å². The number of rotatable bonds is 2. The molecule has 70 valence electrons. The lowest BCUT2D eigenvalue weighted by atomic mass is 10.3. The number of nitrogens with two attached hydrogens (primary N) is 1. The van der Waals surface area contributed by atoms with E-state index in [1.165, 1.54) is 0 Å². The van der Waals surface area contributed by atoms with Gasteiger partial charge in [-0.3, -0.25) is 0 Å². The van der Waals surface area contributed by atoms with Gasteiger partial charge in [0, 0.05) is 18.3 Å². The third-order valence-electron chi connectivity index (χ3n) is 1.39. The van der Waals surface area contributed by atoms with Crippen molar-refractivity contribution in [2.24, 2.45) is 0 Å². The number of nitrogens with one attached hydrogen (secondary N) is 1. The second kappa shape index (κ2) is 4.35. The minimum atomic E-state index is -0.465. The Hall–Kier alpha value is -1.71. The second-order valence-electron chi connectivity index (χ2n) is 2.49. The topological polar surface area (TPSA) is 64.3 Å². The first-order valence-corrected chi connectivity index (χ1v) is 4.03. The van der Waals surface area contributed by atoms with Gasteiger partial charge in [0.25, 0.3) is 0 Å². The summed E-state index contributed by atoms with van der Waals surface area (Å²) in [5.41, 5.74) is 6.07. The van der Waals surface area contributed by atoms with E-state index in [0.29, 0.717) is 18.0 Å². The van der Waals surface area contributed by atoms with Crippen molar-refractivity contribution in [1.29, 1.82) is 0 Å². The van der Waals surface area contributed by atoms with E-state index >= 15 is 0 Å². The average molecular weight is 180 g/mol. The van der Waals surface area contributed by atoms with Gasteiger partial charge in [0.15, 0.2) is 0 Å². The number of hydrogen-bond acceptors (Lipinski definition) is 3. The Balaban J connectivity index is 2.58. The highest BCUT2D eigenvalue weighted by molar-refractivity contribution is 5.70. The first-order chi connectivity index (χ1) is 6.22. The van der Waals surface area contributed by atoms with Gasteiger partial charge in [-0.25, -0.2) is 4.79 Å². The summed E-state index contributed by atoms with van der Waals surface area (Å²) in [7, 11) is 0. The number of amides is 1. The number of benzene rings is 1. The molecule has 0 heterocycles. The molecule has 0 atom stereocenters. The molecular formula is C9H12N2O2. The van der Waals surface area contributed by atoms with Crippen LogP contribution < -0.4 is 15.8 Å². The minimum absolute atomic E-state index is 0.450. The molecule has 0 aliphatic carbocycles. The molecule has 0 saturated carbocycles. The van der Waals surface area contributed by atoms with Crippen molar-refractivity contribution >= 4 is 11.8 Å². The lowest BCUT2D eigenvalue weighted by Gasteiger charge is -2.04. The predicted octanol–water partition coefficient (Wildman–Crippen LogP) is 1.38. The van der Waals surface area contributed by atoms with E-state index in [1.807, 2.05) is 6.92 Å². The van der Waals surface area contributed by atoms with E-state index in [9.17, 15) is 4.79 Å². The Morgan fingerprint density at radius 3 is 3.00 bits per heavy atom. The summed E-state index contributed by atoms with van der Waals surface area (Å²) >= 11 is 0. The molecule has 0 aliphatic rings. The highest BCUT2D eigenvalue weighted by Crippen LogP contribution is 2.14. The van der Waals surface area contributed by atoms with Crippen molar-refractivity contribution in [3.63, 3.8) is 0 Å². The van der Waals surface area contributed by atoms with Crippen LogP contribution in [0.1, 0.15) is 6.92 Å². The molecular weight excluding hydrogens is 168 g/mol. The summed E-state index contributed by atoms with van der Waals surface area (Å²) in [5.74, 6) is 0.450. The van der Waals surface area contributed by atoms with E-state index in [4.69, 9.17) is 10.5 Å². The number of anilines is 1. The number of carbonyl (C=O) groups is 1. The van der Waals surface area contributed by atoms with Gasteiger partial charge >= 0.3 is 6.09 Å². The van der Waals surface area contributed by atoms with Crippen LogP contribution >= 0.6 is 0 Å². The maximum Gasteiger partial charge on any atom is 0.412 e. The number of ether oxygens (including phenoxy) is 1. The van der Waals surface area contributed by atoms with Crippen LogP contribution in [0.2, 0.25) is 0 Å². The number of nitrogen functional groups attached to an aromatic ring is 1. The number of carbonyl (C=O) groups excluding carboxylic acids is 1. The normalized spacial score (nSPS) is 9.31. The van der Waals surface area contributed by atoms with Crippen LogP contribution in [-0.4, -0.2) is 12.6 Å². The van der Waals surface area contributed by atoms with E-state index in [2.05, 4.69) is 5.32 Å². The fraction of sp³-hybridized carbons (Fsp3) is 0.222. The Labute approximate surface area is 76.7 Å². The summed E-state index contributed by atoms with van der Waals surface area (Å²) in [5, 5.41) is 2.51. The molecule has 0 spiro atoms. The van der Waals surface area contributed by atoms with Gasteiger partial charge in [0.05, 0.1) is 0 Å². The molecule has 13 heavy (non-hydrogen) atoms. The molecule has 0 aliphatic heterocycles. The fourth-order valence-corrected chi connectivity index (χ4v) is 0.865. The van der Waals surface area contributed by atoms with Crippen molar-refractivity contribution in [3.8, 4) is 5.75 Å². The maximum atomic E-state index is 10.9. The second-order valence-corrected chi connectivity index (χ2v) is 2.49. The molecule has 0 radical (unpaired) electrons. The smallest absolute Gasteiger partial charge is 0.410 e. The molecule has 1 rings (SSSR count). The van der Waals surface area contributed by atoms with Gasteiger partial charge in [-0.15, -0.1) is 0 Å². The van der Waals surface area contributed by atoms with Crippen molar-refractivity contribution < 1.29 is 9.53 Å². The summed E-state index contributed by atoms with van der Waals surface area (Å²) in [6.07, 6.45) is -0.465. The zero-order valence-corrected chi connectivity index (χ0v) is 7.41. The van der Waals surface area contributed by atoms with Crippen LogP contribution in [0.3, 0.4) is 0 Å². The van der Waals surface area contributed by atoms with Gasteiger partial charge in [-0.1, -0.05) is 6.07 Å². The molecule has 0 saturated heterocycles. The number of hydrogen-bond donors (Lipinski definition) is 2. The third-order valence-corrected chi connectivity index (χ3v) is 1.39. The molecule has 1 amide bonds. The predicted molar refractivity (Wildman–Crippen MR) is 50.6 cm³/mol. The zero-order chi connectivity index (χ0) is 9.68. The van der Waals surface area contributed by atoms with E-state index < -0.39 is 6.09 Å². The highest BCUT2D eigenvalue weighted by atomic mass is 16.5. The van der Waals surface area contributed by atoms with Gasteiger partial charge in [0.1, 0.15) is 5.75 Å². The molecule has 0 unspecified atom stereocenters. The molecule has 0 bridgehead atoms. The summed E-state index contributed by atoms with van der Waals surface area (Å²) in [6, 6.07) is 6.72. The van der Waals surface area contributed by atoms with Crippen molar-refractivity contribution in [3.05, 3.63) is 24.3 Å². The molecule has 4 heteroatoms. The summed E-state index contributed by atoms with van der Waals surface area (Å²) in [6.45, 7) is 2.36. The molecule has 0 fully saturated rings. The van der Waals surface area contributed by atoms with E-state index in [-0.39, 0.29) is 0 Å². The fourth-order valence-electron chi connectivity index (χ4n) is 0.865. The summed E-state index contributed by atoms with van der Waals surface area (Å²) in [4.78, 5) is 10.9. The third kappa shape index (κ3) is 3.02. The molecule has 0 aromatic heterocycles. The standard InChI is InChI=1S/C9H12N2O2/c1-2-11-9(12)13-8-5-3-4-7(10)6-8/h3-6H,2,10H2,1H3,(H,11,12). The molecule has 1 aromatic carbocycles. The van der Waals surface area contributed by atoms with Crippen LogP contribution in [0.5, 0.6) is 5.75 Å². The van der Waals surface area contributed by atoms with E-state index in [0.717, 1.165) is 0 Å². The Morgan fingerprint density at radius 1 is 1.62 bits per heavy atom. The van der Waals surface area contributed by atoms with Gasteiger partial charge < -0.3 is 15.8 Å². The van der Waals surface area contributed by atoms with Crippen LogP contribution in [-0.2, 0) is 0 Å². The maximum absolute atomic E-state index is 10.9. The van der Waals surface area contributed by atoms with Crippen LogP contribution in [0.4, 0.5) is 10.5 Å². The first kappa shape index (κ1) is 9.38. The lowest BCUT2D eigenvalue weighted by Crippen LogP contribution is -2.26. The first-order valence-electron chi connectivity index (χ1n) is 4.03. The average Bonchev–Trinajstić information content (AvgIpc) is 2.04. The van der Waals surface area contributed by atoms with Gasteiger partial charge in [-0.2, -0.15) is 0 Å². The lowest BCUT2D eigenvalue weighted by molar-refractivity contribution is 0.201. The Morgan fingerprint density at radius 2 is 2.38 bits per heavy atom. The van der Waals surface area contributed by atoms with Gasteiger partial charge in [0.2, 0.25) is 0 Å². The van der Waals surface area contributed by atoms with Crippen molar-refractivity contribution in [1.82, 2.24) is 5.32 Å². The highest BCUT2D eigenvalue weighted by Gasteiger charge is 2.01.